The number of rotatable bonds is 6. The molecular weight excluding hydrogens is 304 g/mol. The van der Waals surface area contributed by atoms with Crippen LogP contribution in [0.4, 0.5) is 0 Å². The summed E-state index contributed by atoms with van der Waals surface area (Å²) in [4.78, 5) is 13.5. The molecule has 0 aliphatic carbocycles. The highest BCUT2D eigenvalue weighted by Crippen LogP contribution is 2.15. The third-order valence-corrected chi connectivity index (χ3v) is 5.92. The molecule has 0 spiro atoms. The Kier molecular flexibility index (Phi) is 5.55. The lowest BCUT2D eigenvalue weighted by Gasteiger charge is -2.32. The van der Waals surface area contributed by atoms with Crippen LogP contribution in [0.15, 0.2) is 30.3 Å². The first kappa shape index (κ1) is 16.9. The van der Waals surface area contributed by atoms with Gasteiger partial charge in [0, 0.05) is 26.2 Å². The fourth-order valence-electron chi connectivity index (χ4n) is 2.54. The van der Waals surface area contributed by atoms with Gasteiger partial charge in [-0.2, -0.15) is 4.31 Å². The molecule has 1 fully saturated rings. The van der Waals surface area contributed by atoms with Gasteiger partial charge in [0.15, 0.2) is 0 Å². The molecule has 0 saturated carbocycles. The summed E-state index contributed by atoms with van der Waals surface area (Å²) < 4.78 is 26.3. The van der Waals surface area contributed by atoms with Crippen molar-refractivity contribution in [3.8, 4) is 0 Å². The molecule has 1 N–H and O–H groups in total. The molecule has 1 atom stereocenters. The minimum Gasteiger partial charge on any atom is -0.481 e. The van der Waals surface area contributed by atoms with Gasteiger partial charge < -0.3 is 10.0 Å². The molecule has 1 aromatic carbocycles. The van der Waals surface area contributed by atoms with E-state index in [9.17, 15) is 18.3 Å². The van der Waals surface area contributed by atoms with Gasteiger partial charge in [-0.3, -0.25) is 4.79 Å². The van der Waals surface area contributed by atoms with Gasteiger partial charge in [-0.05, 0) is 19.0 Å². The lowest BCUT2D eigenvalue weighted by molar-refractivity contribution is -0.140. The number of aliphatic carboxylic acids is 1. The van der Waals surface area contributed by atoms with Crippen molar-refractivity contribution in [2.75, 3.05) is 39.0 Å². The molecule has 1 heterocycles. The van der Waals surface area contributed by atoms with Gasteiger partial charge in [0.2, 0.25) is 10.0 Å². The van der Waals surface area contributed by atoms with Gasteiger partial charge >= 0.3 is 5.97 Å². The molecule has 1 saturated heterocycles. The number of sulfonamides is 1. The number of likely N-dealkylation sites (N-methyl/N-ethyl adjacent to an activating group) is 1. The van der Waals surface area contributed by atoms with E-state index in [4.69, 9.17) is 0 Å². The van der Waals surface area contributed by atoms with Crippen LogP contribution < -0.4 is 0 Å². The van der Waals surface area contributed by atoms with Gasteiger partial charge in [-0.1, -0.05) is 30.3 Å². The average Bonchev–Trinajstić information content (AvgIpc) is 2.48. The van der Waals surface area contributed by atoms with Gasteiger partial charge in [0.05, 0.1) is 11.7 Å². The number of hydrogen-bond donors (Lipinski definition) is 1. The van der Waals surface area contributed by atoms with Crippen LogP contribution >= 0.6 is 0 Å². The van der Waals surface area contributed by atoms with Crippen LogP contribution in [0.2, 0.25) is 0 Å². The van der Waals surface area contributed by atoms with E-state index < -0.39 is 21.9 Å². The number of carboxylic acid groups (broad SMARTS) is 1. The van der Waals surface area contributed by atoms with Crippen LogP contribution in [0.3, 0.4) is 0 Å². The summed E-state index contributed by atoms with van der Waals surface area (Å²) in [5, 5.41) is 9.35. The van der Waals surface area contributed by atoms with Crippen molar-refractivity contribution >= 4 is 16.0 Å². The zero-order valence-electron chi connectivity index (χ0n) is 12.7. The second-order valence-electron chi connectivity index (χ2n) is 5.71. The SMILES string of the molecule is CN1CCN(S(=O)(=O)CC(Cc2ccccc2)C(=O)O)CC1. The fraction of sp³-hybridized carbons (Fsp3) is 0.533. The summed E-state index contributed by atoms with van der Waals surface area (Å²) in [5.41, 5.74) is 0.837. The molecule has 6 nitrogen and oxygen atoms in total. The average molecular weight is 326 g/mol. The third kappa shape index (κ3) is 4.53. The van der Waals surface area contributed by atoms with Crippen LogP contribution in [-0.4, -0.2) is 67.7 Å². The van der Waals surface area contributed by atoms with E-state index in [1.54, 1.807) is 0 Å². The molecule has 7 heteroatoms. The molecule has 0 bridgehead atoms. The highest BCUT2D eigenvalue weighted by atomic mass is 32.2. The molecule has 1 aliphatic heterocycles. The molecule has 0 amide bonds. The zero-order valence-corrected chi connectivity index (χ0v) is 13.5. The summed E-state index contributed by atoms with van der Waals surface area (Å²) in [6, 6.07) is 9.13. The molecular formula is C15H22N2O4S. The van der Waals surface area contributed by atoms with Crippen LogP contribution in [0.25, 0.3) is 0 Å². The Balaban J connectivity index is 2.05. The number of carboxylic acids is 1. The van der Waals surface area contributed by atoms with Crippen LogP contribution in [0.5, 0.6) is 0 Å². The largest absolute Gasteiger partial charge is 0.481 e. The number of piperazine rings is 1. The van der Waals surface area contributed by atoms with E-state index in [0.717, 1.165) is 5.56 Å². The Bertz CT molecular complexity index is 595. The standard InChI is InChI=1S/C15H22N2O4S/c1-16-7-9-17(10-8-16)22(20,21)12-14(15(18)19)11-13-5-3-2-4-6-13/h2-6,14H,7-12H2,1H3,(H,18,19). The maximum absolute atomic E-state index is 12.4. The monoisotopic (exact) mass is 326 g/mol. The number of hydrogen-bond acceptors (Lipinski definition) is 4. The molecule has 22 heavy (non-hydrogen) atoms. The van der Waals surface area contributed by atoms with Crippen molar-refractivity contribution in [3.05, 3.63) is 35.9 Å². The number of benzene rings is 1. The van der Waals surface area contributed by atoms with Gasteiger partial charge in [-0.15, -0.1) is 0 Å². The highest BCUT2D eigenvalue weighted by molar-refractivity contribution is 7.89. The maximum atomic E-state index is 12.4. The van der Waals surface area contributed by atoms with E-state index in [-0.39, 0.29) is 12.2 Å². The quantitative estimate of drug-likeness (QED) is 0.824. The Morgan fingerprint density at radius 3 is 2.32 bits per heavy atom. The highest BCUT2D eigenvalue weighted by Gasteiger charge is 2.31. The molecule has 1 aromatic rings. The van der Waals surface area contributed by atoms with Crippen LogP contribution in [0, 0.1) is 5.92 Å². The zero-order chi connectivity index (χ0) is 16.2. The van der Waals surface area contributed by atoms with Crippen molar-refractivity contribution in [1.29, 1.82) is 0 Å². The smallest absolute Gasteiger partial charge is 0.307 e. The predicted molar refractivity (Wildman–Crippen MR) is 84.1 cm³/mol. The van der Waals surface area contributed by atoms with Crippen LogP contribution in [-0.2, 0) is 21.2 Å². The van der Waals surface area contributed by atoms with E-state index in [0.29, 0.717) is 26.2 Å². The van der Waals surface area contributed by atoms with Gasteiger partial charge in [-0.25, -0.2) is 8.42 Å². The van der Waals surface area contributed by atoms with E-state index in [1.807, 2.05) is 37.4 Å². The second kappa shape index (κ2) is 7.21. The molecule has 0 aromatic heterocycles. The number of nitrogens with zero attached hydrogens (tertiary/aromatic N) is 2. The summed E-state index contributed by atoms with van der Waals surface area (Å²) in [5.74, 6) is -2.34. The second-order valence-corrected chi connectivity index (χ2v) is 7.72. The van der Waals surface area contributed by atoms with Crippen molar-refractivity contribution in [2.45, 2.75) is 6.42 Å². The molecule has 2 rings (SSSR count). The summed E-state index contributed by atoms with van der Waals surface area (Å²) >= 11 is 0. The third-order valence-electron chi connectivity index (χ3n) is 3.94. The summed E-state index contributed by atoms with van der Waals surface area (Å²) in [6.45, 7) is 2.21. The lowest BCUT2D eigenvalue weighted by atomic mass is 10.0. The van der Waals surface area contributed by atoms with Crippen molar-refractivity contribution in [2.24, 2.45) is 5.92 Å². The molecule has 1 unspecified atom stereocenters. The minimum absolute atomic E-state index is 0.225. The lowest BCUT2D eigenvalue weighted by Crippen LogP contribution is -2.48. The summed E-state index contributed by atoms with van der Waals surface area (Å²) in [7, 11) is -1.60. The topological polar surface area (TPSA) is 77.9 Å². The van der Waals surface area contributed by atoms with Crippen LogP contribution in [0.1, 0.15) is 5.56 Å². The predicted octanol–water partition coefficient (Wildman–Crippen LogP) is 0.507. The van der Waals surface area contributed by atoms with E-state index >= 15 is 0 Å². The molecule has 1 aliphatic rings. The maximum Gasteiger partial charge on any atom is 0.307 e. The van der Waals surface area contributed by atoms with Crippen molar-refractivity contribution < 1.29 is 18.3 Å². The first-order valence-corrected chi connectivity index (χ1v) is 8.92. The number of carbonyl (C=O) groups is 1. The van der Waals surface area contributed by atoms with Crippen molar-refractivity contribution in [3.63, 3.8) is 0 Å². The Morgan fingerprint density at radius 1 is 1.18 bits per heavy atom. The fourth-order valence-corrected chi connectivity index (χ4v) is 4.24. The van der Waals surface area contributed by atoms with Crippen molar-refractivity contribution in [1.82, 2.24) is 9.21 Å². The van der Waals surface area contributed by atoms with E-state index in [2.05, 4.69) is 4.90 Å². The Morgan fingerprint density at radius 2 is 1.77 bits per heavy atom. The molecule has 0 radical (unpaired) electrons. The van der Waals surface area contributed by atoms with E-state index in [1.165, 1.54) is 4.31 Å². The Labute approximate surface area is 131 Å². The normalized spacial score (nSPS) is 19.0. The first-order valence-electron chi connectivity index (χ1n) is 7.31. The Hall–Kier alpha value is -1.44. The summed E-state index contributed by atoms with van der Waals surface area (Å²) in [6.07, 6.45) is 0.225. The minimum atomic E-state index is -3.55. The van der Waals surface area contributed by atoms with Gasteiger partial charge in [0.25, 0.3) is 0 Å². The van der Waals surface area contributed by atoms with Gasteiger partial charge in [0.1, 0.15) is 0 Å². The molecule has 122 valence electrons. The first-order chi connectivity index (χ1) is 10.4.